The highest BCUT2D eigenvalue weighted by Crippen LogP contribution is 2.43. The van der Waals surface area contributed by atoms with Crippen LogP contribution in [-0.2, 0) is 0 Å². The Balaban J connectivity index is 1.96. The fourth-order valence-electron chi connectivity index (χ4n) is 1.57. The molecule has 0 aliphatic heterocycles. The Morgan fingerprint density at radius 2 is 2.38 bits per heavy atom. The average molecular weight is 221 g/mol. The molecule has 1 heterocycles. The van der Waals surface area contributed by atoms with Crippen LogP contribution in [0, 0.1) is 5.41 Å². The summed E-state index contributed by atoms with van der Waals surface area (Å²) in [6.45, 7) is 1.17. The second kappa shape index (κ2) is 4.09. The number of nitrogens with one attached hydrogen (secondary N) is 1. The van der Waals surface area contributed by atoms with Crippen molar-refractivity contribution in [1.82, 2.24) is 10.3 Å². The lowest BCUT2D eigenvalue weighted by atomic mass is 10.1. The van der Waals surface area contributed by atoms with Crippen molar-refractivity contribution in [3.63, 3.8) is 0 Å². The summed E-state index contributed by atoms with van der Waals surface area (Å²) < 4.78 is 0. The van der Waals surface area contributed by atoms with Gasteiger partial charge in [0.15, 0.2) is 0 Å². The predicted molar refractivity (Wildman–Crippen MR) is 59.0 cm³/mol. The third kappa shape index (κ3) is 2.14. The predicted octanol–water partition coefficient (Wildman–Crippen LogP) is 0.256. The van der Waals surface area contributed by atoms with Crippen LogP contribution < -0.4 is 11.1 Å². The maximum Gasteiger partial charge on any atom is 0.255 e. The number of nitrogens with zero attached hydrogens (tertiary/aromatic N) is 1. The number of hydrogen-bond donors (Lipinski definition) is 3. The van der Waals surface area contributed by atoms with Gasteiger partial charge in [-0.2, -0.15) is 0 Å². The van der Waals surface area contributed by atoms with E-state index in [-0.39, 0.29) is 22.6 Å². The first kappa shape index (κ1) is 10.9. The fourth-order valence-corrected chi connectivity index (χ4v) is 1.57. The summed E-state index contributed by atoms with van der Waals surface area (Å²) in [6.07, 6.45) is 4.85. The molecule has 4 N–H and O–H groups in total. The van der Waals surface area contributed by atoms with Gasteiger partial charge in [0.05, 0.1) is 11.8 Å². The van der Waals surface area contributed by atoms with Crippen LogP contribution in [0.4, 0.5) is 0 Å². The lowest BCUT2D eigenvalue weighted by molar-refractivity contribution is 0.0942. The molecule has 0 unspecified atom stereocenters. The van der Waals surface area contributed by atoms with Gasteiger partial charge in [-0.15, -0.1) is 0 Å². The maximum absolute atomic E-state index is 11.7. The van der Waals surface area contributed by atoms with E-state index < -0.39 is 0 Å². The van der Waals surface area contributed by atoms with E-state index in [1.54, 1.807) is 0 Å². The average Bonchev–Trinajstić information content (AvgIpc) is 3.07. The first-order chi connectivity index (χ1) is 7.67. The Hall–Kier alpha value is -1.62. The van der Waals surface area contributed by atoms with Gasteiger partial charge in [-0.25, -0.2) is 0 Å². The van der Waals surface area contributed by atoms with Crippen molar-refractivity contribution in [2.75, 3.05) is 13.1 Å². The Labute approximate surface area is 93.7 Å². The largest absolute Gasteiger partial charge is 0.505 e. The van der Waals surface area contributed by atoms with E-state index in [2.05, 4.69) is 10.3 Å². The highest BCUT2D eigenvalue weighted by molar-refractivity contribution is 5.96. The summed E-state index contributed by atoms with van der Waals surface area (Å²) in [6, 6.07) is 1.49. The molecular formula is C11H15N3O2. The maximum atomic E-state index is 11.7. The highest BCUT2D eigenvalue weighted by Gasteiger charge is 2.41. The SMILES string of the molecule is NCC1(CNC(=O)c2ccncc2O)CC1. The number of rotatable bonds is 4. The first-order valence-corrected chi connectivity index (χ1v) is 5.28. The third-order valence-corrected chi connectivity index (χ3v) is 3.06. The summed E-state index contributed by atoms with van der Waals surface area (Å²) in [5, 5.41) is 12.2. The summed E-state index contributed by atoms with van der Waals surface area (Å²) in [4.78, 5) is 15.4. The minimum Gasteiger partial charge on any atom is -0.505 e. The van der Waals surface area contributed by atoms with Crippen LogP contribution in [-0.4, -0.2) is 29.1 Å². The van der Waals surface area contributed by atoms with E-state index in [0.717, 1.165) is 12.8 Å². The Bertz CT molecular complexity index is 402. The van der Waals surface area contributed by atoms with Gasteiger partial charge >= 0.3 is 0 Å². The number of pyridine rings is 1. The van der Waals surface area contributed by atoms with Crippen molar-refractivity contribution >= 4 is 5.91 Å². The van der Waals surface area contributed by atoms with E-state index in [0.29, 0.717) is 13.1 Å². The van der Waals surface area contributed by atoms with Crippen LogP contribution in [0.2, 0.25) is 0 Å². The van der Waals surface area contributed by atoms with Crippen molar-refractivity contribution in [1.29, 1.82) is 0 Å². The molecule has 0 saturated heterocycles. The smallest absolute Gasteiger partial charge is 0.255 e. The minimum absolute atomic E-state index is 0.0955. The van der Waals surface area contributed by atoms with Crippen LogP contribution in [0.1, 0.15) is 23.2 Å². The van der Waals surface area contributed by atoms with Gasteiger partial charge in [-0.3, -0.25) is 9.78 Å². The van der Waals surface area contributed by atoms with Crippen LogP contribution >= 0.6 is 0 Å². The number of aromatic hydroxyl groups is 1. The molecule has 0 bridgehead atoms. The van der Waals surface area contributed by atoms with Crippen molar-refractivity contribution in [2.24, 2.45) is 11.1 Å². The van der Waals surface area contributed by atoms with E-state index in [4.69, 9.17) is 5.73 Å². The van der Waals surface area contributed by atoms with Gasteiger partial charge in [-0.1, -0.05) is 0 Å². The van der Waals surface area contributed by atoms with Crippen LogP contribution in [0.3, 0.4) is 0 Å². The molecule has 1 fully saturated rings. The molecule has 0 spiro atoms. The third-order valence-electron chi connectivity index (χ3n) is 3.06. The zero-order chi connectivity index (χ0) is 11.6. The molecule has 1 aromatic rings. The highest BCUT2D eigenvalue weighted by atomic mass is 16.3. The second-order valence-electron chi connectivity index (χ2n) is 4.28. The lowest BCUT2D eigenvalue weighted by Gasteiger charge is -2.13. The van der Waals surface area contributed by atoms with Gasteiger partial charge in [-0.05, 0) is 25.5 Å². The quantitative estimate of drug-likeness (QED) is 0.680. The Kier molecular flexibility index (Phi) is 2.78. The van der Waals surface area contributed by atoms with Crippen LogP contribution in [0.5, 0.6) is 5.75 Å². The van der Waals surface area contributed by atoms with E-state index in [1.807, 2.05) is 0 Å². The Morgan fingerprint density at radius 1 is 1.62 bits per heavy atom. The normalized spacial score (nSPS) is 16.8. The summed E-state index contributed by atoms with van der Waals surface area (Å²) >= 11 is 0. The summed E-state index contributed by atoms with van der Waals surface area (Å²) in [5.41, 5.74) is 5.96. The van der Waals surface area contributed by atoms with Crippen molar-refractivity contribution < 1.29 is 9.90 Å². The molecule has 1 aliphatic carbocycles. The molecule has 0 radical (unpaired) electrons. The van der Waals surface area contributed by atoms with Crippen LogP contribution in [0.25, 0.3) is 0 Å². The molecule has 1 aromatic heterocycles. The van der Waals surface area contributed by atoms with Gasteiger partial charge < -0.3 is 16.2 Å². The van der Waals surface area contributed by atoms with Crippen molar-refractivity contribution in [3.05, 3.63) is 24.0 Å². The van der Waals surface area contributed by atoms with E-state index >= 15 is 0 Å². The standard InChI is InChI=1S/C11H15N3O2/c12-6-11(2-3-11)7-14-10(16)8-1-4-13-5-9(8)15/h1,4-5,15H,2-3,6-7,12H2,(H,14,16). The minimum atomic E-state index is -0.278. The molecule has 5 heteroatoms. The van der Waals surface area contributed by atoms with Gasteiger partial charge in [0.25, 0.3) is 5.91 Å². The summed E-state index contributed by atoms with van der Waals surface area (Å²) in [5.74, 6) is -0.378. The number of aromatic nitrogens is 1. The topological polar surface area (TPSA) is 88.2 Å². The molecule has 0 aromatic carbocycles. The molecule has 0 atom stereocenters. The molecule has 86 valence electrons. The molecule has 1 amide bonds. The number of amides is 1. The van der Waals surface area contributed by atoms with E-state index in [1.165, 1.54) is 18.5 Å². The van der Waals surface area contributed by atoms with Gasteiger partial charge in [0, 0.05) is 18.2 Å². The first-order valence-electron chi connectivity index (χ1n) is 5.28. The fraction of sp³-hybridized carbons (Fsp3) is 0.455. The number of carbonyl (C=O) groups is 1. The van der Waals surface area contributed by atoms with Crippen molar-refractivity contribution in [2.45, 2.75) is 12.8 Å². The Morgan fingerprint density at radius 3 is 2.94 bits per heavy atom. The summed E-state index contributed by atoms with van der Waals surface area (Å²) in [7, 11) is 0. The molecular weight excluding hydrogens is 206 g/mol. The molecule has 2 rings (SSSR count). The van der Waals surface area contributed by atoms with Gasteiger partial charge in [0.1, 0.15) is 5.75 Å². The number of carbonyl (C=O) groups excluding carboxylic acids is 1. The molecule has 1 saturated carbocycles. The van der Waals surface area contributed by atoms with Crippen LogP contribution in [0.15, 0.2) is 18.5 Å². The van der Waals surface area contributed by atoms with E-state index in [9.17, 15) is 9.90 Å². The molecule has 1 aliphatic rings. The zero-order valence-corrected chi connectivity index (χ0v) is 8.94. The molecule has 16 heavy (non-hydrogen) atoms. The lowest BCUT2D eigenvalue weighted by Crippen LogP contribution is -2.33. The number of hydrogen-bond acceptors (Lipinski definition) is 4. The van der Waals surface area contributed by atoms with Gasteiger partial charge in [0.2, 0.25) is 0 Å². The monoisotopic (exact) mass is 221 g/mol. The van der Waals surface area contributed by atoms with Crippen molar-refractivity contribution in [3.8, 4) is 5.75 Å². The number of nitrogens with two attached hydrogens (primary N) is 1. The zero-order valence-electron chi connectivity index (χ0n) is 8.94. The molecule has 5 nitrogen and oxygen atoms in total. The second-order valence-corrected chi connectivity index (χ2v) is 4.28.